The normalized spacial score (nSPS) is 11.4. The molecule has 3 rings (SSSR count). The Hall–Kier alpha value is -2.77. The van der Waals surface area contributed by atoms with Gasteiger partial charge in [-0.25, -0.2) is 0 Å². The van der Waals surface area contributed by atoms with E-state index in [0.717, 1.165) is 17.3 Å². The number of hydrogen-bond donors (Lipinski definition) is 0. The molecule has 0 fully saturated rings. The summed E-state index contributed by atoms with van der Waals surface area (Å²) in [5.41, 5.74) is 1.62. The van der Waals surface area contributed by atoms with Gasteiger partial charge in [-0.15, -0.1) is 10.2 Å². The Labute approximate surface area is 164 Å². The Kier molecular flexibility index (Phi) is 6.16. The highest BCUT2D eigenvalue weighted by Gasteiger charge is 2.09. The predicted octanol–water partition coefficient (Wildman–Crippen LogP) is 3.49. The molecule has 0 atom stereocenters. The average Bonchev–Trinajstić information content (AvgIpc) is 3.06. The van der Waals surface area contributed by atoms with Gasteiger partial charge in [-0.3, -0.25) is 0 Å². The number of aliphatic carboxylic acids is 1. The summed E-state index contributed by atoms with van der Waals surface area (Å²) >= 11 is 6.70. The quantitative estimate of drug-likeness (QED) is 0.442. The van der Waals surface area contributed by atoms with Crippen LogP contribution in [0.2, 0.25) is 5.02 Å². The van der Waals surface area contributed by atoms with Crippen LogP contribution >= 0.6 is 23.4 Å². The van der Waals surface area contributed by atoms with Gasteiger partial charge in [0.25, 0.3) is 5.22 Å². The standard InChI is InChI=1S/C19H15ClN2O4S/c1-12-21-22-19(26-12)27-17(18(23)24)10-14-3-2-4-16(9-14)25-11-13-5-7-15(20)8-6-13/h2-10H,11H2,1H3,(H,23,24)/p-1/b17-10-. The van der Waals surface area contributed by atoms with Crippen molar-refractivity contribution in [1.29, 1.82) is 0 Å². The van der Waals surface area contributed by atoms with Crippen LogP contribution in [0.1, 0.15) is 17.0 Å². The molecule has 0 radical (unpaired) electrons. The van der Waals surface area contributed by atoms with Crippen molar-refractivity contribution < 1.29 is 19.1 Å². The van der Waals surface area contributed by atoms with Crippen LogP contribution in [0, 0.1) is 6.92 Å². The van der Waals surface area contributed by atoms with E-state index in [4.69, 9.17) is 20.8 Å². The smallest absolute Gasteiger partial charge is 0.281 e. The molecule has 0 saturated heterocycles. The van der Waals surface area contributed by atoms with E-state index < -0.39 is 5.97 Å². The van der Waals surface area contributed by atoms with Crippen molar-refractivity contribution >= 4 is 35.4 Å². The second kappa shape index (κ2) is 8.75. The number of nitrogens with zero attached hydrogens (tertiary/aromatic N) is 2. The van der Waals surface area contributed by atoms with Crippen molar-refractivity contribution in [1.82, 2.24) is 10.2 Å². The monoisotopic (exact) mass is 401 g/mol. The summed E-state index contributed by atoms with van der Waals surface area (Å²) in [6.07, 6.45) is 1.47. The molecule has 0 bridgehead atoms. The van der Waals surface area contributed by atoms with Crippen LogP contribution in [-0.4, -0.2) is 16.2 Å². The van der Waals surface area contributed by atoms with Crippen molar-refractivity contribution in [3.05, 3.63) is 75.5 Å². The first-order valence-electron chi connectivity index (χ1n) is 7.88. The molecular formula is C19H14ClN2O4S-. The maximum Gasteiger partial charge on any atom is 0.281 e. The molecule has 0 aliphatic carbocycles. The van der Waals surface area contributed by atoms with Crippen molar-refractivity contribution in [3.8, 4) is 5.75 Å². The second-order valence-electron chi connectivity index (χ2n) is 5.47. The van der Waals surface area contributed by atoms with Gasteiger partial charge in [-0.05, 0) is 53.2 Å². The van der Waals surface area contributed by atoms with Crippen LogP contribution in [-0.2, 0) is 11.4 Å². The van der Waals surface area contributed by atoms with Crippen molar-refractivity contribution in [3.63, 3.8) is 0 Å². The molecule has 8 heteroatoms. The lowest BCUT2D eigenvalue weighted by atomic mass is 10.2. The van der Waals surface area contributed by atoms with E-state index in [1.807, 2.05) is 12.1 Å². The van der Waals surface area contributed by atoms with E-state index in [0.29, 0.717) is 28.8 Å². The lowest BCUT2D eigenvalue weighted by Crippen LogP contribution is -2.23. The third-order valence-electron chi connectivity index (χ3n) is 3.38. The van der Waals surface area contributed by atoms with E-state index in [9.17, 15) is 9.90 Å². The van der Waals surface area contributed by atoms with Gasteiger partial charge in [0.05, 0.1) is 5.97 Å². The molecule has 0 spiro atoms. The van der Waals surface area contributed by atoms with Gasteiger partial charge >= 0.3 is 0 Å². The van der Waals surface area contributed by atoms with Gasteiger partial charge < -0.3 is 19.1 Å². The molecule has 0 saturated carbocycles. The molecular weight excluding hydrogens is 388 g/mol. The molecule has 138 valence electrons. The number of carbonyl (C=O) groups is 1. The third-order valence-corrected chi connectivity index (χ3v) is 4.48. The van der Waals surface area contributed by atoms with Crippen LogP contribution in [0.25, 0.3) is 6.08 Å². The fourth-order valence-corrected chi connectivity index (χ4v) is 2.97. The largest absolute Gasteiger partial charge is 0.544 e. The predicted molar refractivity (Wildman–Crippen MR) is 100 cm³/mol. The highest BCUT2D eigenvalue weighted by atomic mass is 35.5. The second-order valence-corrected chi connectivity index (χ2v) is 6.90. The molecule has 27 heavy (non-hydrogen) atoms. The maximum atomic E-state index is 11.4. The van der Waals surface area contributed by atoms with Crippen LogP contribution in [0.4, 0.5) is 0 Å². The van der Waals surface area contributed by atoms with Crippen molar-refractivity contribution in [2.75, 3.05) is 0 Å². The maximum absolute atomic E-state index is 11.4. The van der Waals surface area contributed by atoms with Crippen molar-refractivity contribution in [2.24, 2.45) is 0 Å². The Balaban J connectivity index is 1.73. The molecule has 0 aliphatic rings. The molecule has 1 heterocycles. The van der Waals surface area contributed by atoms with E-state index in [1.165, 1.54) is 6.08 Å². The van der Waals surface area contributed by atoms with Crippen LogP contribution in [0.15, 0.2) is 63.1 Å². The molecule has 3 aromatic rings. The highest BCUT2D eigenvalue weighted by molar-refractivity contribution is 8.03. The van der Waals surface area contributed by atoms with E-state index in [1.54, 1.807) is 43.3 Å². The fraction of sp³-hybridized carbons (Fsp3) is 0.105. The summed E-state index contributed by atoms with van der Waals surface area (Å²) in [4.78, 5) is 11.4. The molecule has 0 unspecified atom stereocenters. The molecule has 6 nitrogen and oxygen atoms in total. The minimum atomic E-state index is -1.33. The molecule has 1 aromatic heterocycles. The number of ether oxygens (including phenoxy) is 1. The number of thioether (sulfide) groups is 1. The summed E-state index contributed by atoms with van der Waals surface area (Å²) in [5.74, 6) is -0.369. The van der Waals surface area contributed by atoms with Crippen LogP contribution in [0.5, 0.6) is 5.75 Å². The van der Waals surface area contributed by atoms with Crippen molar-refractivity contribution in [2.45, 2.75) is 18.8 Å². The molecule has 2 aromatic carbocycles. The average molecular weight is 402 g/mol. The molecule has 0 aliphatic heterocycles. The summed E-state index contributed by atoms with van der Waals surface area (Å²) in [6.45, 7) is 1.99. The SMILES string of the molecule is Cc1nnc(S/C(=C\c2cccc(OCc3ccc(Cl)cc3)c2)C(=O)[O-])o1. The third kappa shape index (κ3) is 5.60. The Morgan fingerprint density at radius 1 is 1.26 bits per heavy atom. The minimum Gasteiger partial charge on any atom is -0.544 e. The lowest BCUT2D eigenvalue weighted by Gasteiger charge is -2.09. The zero-order chi connectivity index (χ0) is 19.2. The minimum absolute atomic E-state index is 0.0477. The summed E-state index contributed by atoms with van der Waals surface area (Å²) < 4.78 is 10.9. The van der Waals surface area contributed by atoms with Gasteiger partial charge in [0.2, 0.25) is 5.89 Å². The van der Waals surface area contributed by atoms with Gasteiger partial charge in [-0.2, -0.15) is 0 Å². The first-order chi connectivity index (χ1) is 13.0. The summed E-state index contributed by atoms with van der Waals surface area (Å²) in [7, 11) is 0. The molecule has 0 amide bonds. The number of aromatic nitrogens is 2. The topological polar surface area (TPSA) is 88.3 Å². The number of halogens is 1. The first-order valence-corrected chi connectivity index (χ1v) is 9.07. The van der Waals surface area contributed by atoms with Gasteiger partial charge in [-0.1, -0.05) is 35.9 Å². The number of hydrogen-bond acceptors (Lipinski definition) is 7. The molecule has 0 N–H and O–H groups in total. The zero-order valence-corrected chi connectivity index (χ0v) is 15.8. The zero-order valence-electron chi connectivity index (χ0n) is 14.2. The lowest BCUT2D eigenvalue weighted by molar-refractivity contribution is -0.298. The van der Waals surface area contributed by atoms with Gasteiger partial charge in [0.15, 0.2) is 0 Å². The fourth-order valence-electron chi connectivity index (χ4n) is 2.14. The number of carboxylic acids is 1. The van der Waals surface area contributed by atoms with E-state index >= 15 is 0 Å². The Morgan fingerprint density at radius 2 is 2.04 bits per heavy atom. The summed E-state index contributed by atoms with van der Waals surface area (Å²) in [5, 5.41) is 19.7. The first kappa shape index (κ1) is 19.0. The summed E-state index contributed by atoms with van der Waals surface area (Å²) in [6, 6.07) is 14.4. The van der Waals surface area contributed by atoms with Crippen LogP contribution < -0.4 is 9.84 Å². The highest BCUT2D eigenvalue weighted by Crippen LogP contribution is 2.27. The Morgan fingerprint density at radius 3 is 2.70 bits per heavy atom. The van der Waals surface area contributed by atoms with Gasteiger partial charge in [0, 0.05) is 16.9 Å². The number of rotatable bonds is 7. The van der Waals surface area contributed by atoms with Gasteiger partial charge in [0.1, 0.15) is 12.4 Å². The van der Waals surface area contributed by atoms with E-state index in [-0.39, 0.29) is 10.1 Å². The number of benzene rings is 2. The Bertz CT molecular complexity index is 970. The number of carbonyl (C=O) groups excluding carboxylic acids is 1. The number of carboxylic acid groups (broad SMARTS) is 1. The van der Waals surface area contributed by atoms with E-state index in [2.05, 4.69) is 10.2 Å². The number of aryl methyl sites for hydroxylation is 1. The van der Waals surface area contributed by atoms with Crippen LogP contribution in [0.3, 0.4) is 0 Å².